The molecule has 3 heterocycles. The predicted molar refractivity (Wildman–Crippen MR) is 135 cm³/mol. The minimum absolute atomic E-state index is 0.0173. The van der Waals surface area contributed by atoms with Gasteiger partial charge >= 0.3 is 0 Å². The van der Waals surface area contributed by atoms with Crippen LogP contribution in [0.25, 0.3) is 11.0 Å². The van der Waals surface area contributed by atoms with Gasteiger partial charge in [-0.15, -0.1) is 0 Å². The van der Waals surface area contributed by atoms with Gasteiger partial charge in [-0.25, -0.2) is 13.8 Å². The predicted octanol–water partition coefficient (Wildman–Crippen LogP) is 3.61. The molecule has 0 bridgehead atoms. The van der Waals surface area contributed by atoms with Crippen LogP contribution in [0.3, 0.4) is 0 Å². The number of nitrogens with zero attached hydrogens (tertiary/aromatic N) is 4. The molecule has 37 heavy (non-hydrogen) atoms. The van der Waals surface area contributed by atoms with E-state index >= 15 is 0 Å². The average molecular weight is 509 g/mol. The minimum Gasteiger partial charge on any atom is -0.342 e. The number of carbonyl (C=O) groups excluding carboxylic acids is 2. The van der Waals surface area contributed by atoms with Crippen LogP contribution in [-0.4, -0.2) is 57.3 Å². The molecule has 0 saturated carbocycles. The van der Waals surface area contributed by atoms with Gasteiger partial charge < -0.3 is 14.4 Å². The molecular formula is C28H30F2N4O3. The van der Waals surface area contributed by atoms with Gasteiger partial charge in [-0.05, 0) is 55.4 Å². The second kappa shape index (κ2) is 9.68. The normalized spacial score (nSPS) is 17.1. The summed E-state index contributed by atoms with van der Waals surface area (Å²) in [5.41, 5.74) is 1.30. The molecule has 0 N–H and O–H groups in total. The summed E-state index contributed by atoms with van der Waals surface area (Å²) in [6.45, 7) is 3.51. The number of amides is 2. The molecule has 2 fully saturated rings. The molecule has 2 aromatic carbocycles. The summed E-state index contributed by atoms with van der Waals surface area (Å²) < 4.78 is 30.3. The molecule has 0 atom stereocenters. The molecule has 5 rings (SSSR count). The van der Waals surface area contributed by atoms with E-state index in [0.29, 0.717) is 44.7 Å². The summed E-state index contributed by atoms with van der Waals surface area (Å²) in [6.07, 6.45) is 2.64. The van der Waals surface area contributed by atoms with E-state index in [4.69, 9.17) is 0 Å². The monoisotopic (exact) mass is 508 g/mol. The summed E-state index contributed by atoms with van der Waals surface area (Å²) in [7, 11) is 1.71. The summed E-state index contributed by atoms with van der Waals surface area (Å²) in [5.74, 6) is -2.29. The Kier molecular flexibility index (Phi) is 6.56. The largest absolute Gasteiger partial charge is 0.342 e. The Hall–Kier alpha value is -3.62. The van der Waals surface area contributed by atoms with Gasteiger partial charge in [-0.1, -0.05) is 18.2 Å². The molecule has 0 radical (unpaired) electrons. The maximum Gasteiger partial charge on any atom is 0.272 e. The number of aryl methyl sites for hydroxylation is 3. The highest BCUT2D eigenvalue weighted by Crippen LogP contribution is 2.41. The average Bonchev–Trinajstić information content (AvgIpc) is 3.31. The highest BCUT2D eigenvalue weighted by atomic mass is 19.1. The summed E-state index contributed by atoms with van der Waals surface area (Å²) in [4.78, 5) is 46.4. The third-order valence-electron chi connectivity index (χ3n) is 8.03. The van der Waals surface area contributed by atoms with Gasteiger partial charge in [0.25, 0.3) is 11.5 Å². The van der Waals surface area contributed by atoms with Crippen molar-refractivity contribution in [2.24, 2.45) is 12.5 Å². The first-order valence-electron chi connectivity index (χ1n) is 12.7. The number of para-hydroxylation sites is 2. The fraction of sp³-hybridized carbons (Fsp3) is 0.429. The van der Waals surface area contributed by atoms with Gasteiger partial charge in [0.15, 0.2) is 0 Å². The van der Waals surface area contributed by atoms with Crippen LogP contribution in [0.1, 0.15) is 47.3 Å². The van der Waals surface area contributed by atoms with Crippen LogP contribution < -0.4 is 5.56 Å². The number of aromatic nitrogens is 2. The lowest BCUT2D eigenvalue weighted by Crippen LogP contribution is -2.45. The number of hydrogen-bond donors (Lipinski definition) is 0. The van der Waals surface area contributed by atoms with Crippen molar-refractivity contribution in [3.8, 4) is 0 Å². The number of halogens is 2. The molecular weight excluding hydrogens is 478 g/mol. The van der Waals surface area contributed by atoms with Crippen LogP contribution in [0.2, 0.25) is 0 Å². The number of fused-ring (bicyclic) bond motifs is 1. The van der Waals surface area contributed by atoms with E-state index in [1.807, 2.05) is 29.2 Å². The maximum absolute atomic E-state index is 14.5. The van der Waals surface area contributed by atoms with Crippen LogP contribution in [0, 0.1) is 24.0 Å². The molecule has 0 aliphatic carbocycles. The molecule has 3 aromatic rings. The topological polar surface area (TPSA) is 75.5 Å². The summed E-state index contributed by atoms with van der Waals surface area (Å²) in [5, 5.41) is 0. The van der Waals surface area contributed by atoms with E-state index in [2.05, 4.69) is 4.98 Å². The van der Waals surface area contributed by atoms with E-state index in [9.17, 15) is 23.2 Å². The highest BCUT2D eigenvalue weighted by molar-refractivity contribution is 5.95. The van der Waals surface area contributed by atoms with Crippen molar-refractivity contribution < 1.29 is 18.4 Å². The van der Waals surface area contributed by atoms with Crippen LogP contribution in [-0.2, 0) is 18.3 Å². The molecule has 7 nitrogen and oxygen atoms in total. The van der Waals surface area contributed by atoms with Crippen LogP contribution in [0.15, 0.2) is 41.2 Å². The lowest BCUT2D eigenvalue weighted by Gasteiger charge is -2.39. The third kappa shape index (κ3) is 4.63. The quantitative estimate of drug-likeness (QED) is 0.540. The number of likely N-dealkylation sites (tertiary alicyclic amines) is 2. The Bertz CT molecular complexity index is 1440. The fourth-order valence-corrected chi connectivity index (χ4v) is 5.64. The molecule has 2 amide bonds. The van der Waals surface area contributed by atoms with Gasteiger partial charge in [0.2, 0.25) is 5.91 Å². The smallest absolute Gasteiger partial charge is 0.272 e. The van der Waals surface area contributed by atoms with Crippen LogP contribution in [0.4, 0.5) is 8.78 Å². The number of benzene rings is 2. The first-order chi connectivity index (χ1) is 17.7. The molecule has 2 aliphatic heterocycles. The van der Waals surface area contributed by atoms with Crippen LogP contribution >= 0.6 is 0 Å². The SMILES string of the molecule is Cc1ccc(F)c(C(=O)N2CCC3(CCN(C(=O)CCc4nc5ccccc5n(C)c4=O)C3)CC2)c1F. The lowest BCUT2D eigenvalue weighted by atomic mass is 9.77. The molecule has 194 valence electrons. The van der Waals surface area contributed by atoms with E-state index in [1.165, 1.54) is 17.9 Å². The zero-order valence-corrected chi connectivity index (χ0v) is 21.1. The number of hydrogen-bond acceptors (Lipinski definition) is 4. The third-order valence-corrected chi connectivity index (χ3v) is 8.03. The number of carbonyl (C=O) groups is 2. The number of piperidine rings is 1. The van der Waals surface area contributed by atoms with Gasteiger partial charge in [-0.3, -0.25) is 14.4 Å². The minimum atomic E-state index is -0.846. The Morgan fingerprint density at radius 1 is 1.00 bits per heavy atom. The van der Waals surface area contributed by atoms with Crippen LogP contribution in [0.5, 0.6) is 0 Å². The van der Waals surface area contributed by atoms with Gasteiger partial charge in [0.1, 0.15) is 22.9 Å². The molecule has 1 aromatic heterocycles. The lowest BCUT2D eigenvalue weighted by molar-refractivity contribution is -0.130. The van der Waals surface area contributed by atoms with E-state index in [-0.39, 0.29) is 35.3 Å². The Labute approximate surface area is 213 Å². The molecule has 1 spiro atoms. The van der Waals surface area contributed by atoms with E-state index in [1.54, 1.807) is 11.6 Å². The fourth-order valence-electron chi connectivity index (χ4n) is 5.64. The highest BCUT2D eigenvalue weighted by Gasteiger charge is 2.43. The van der Waals surface area contributed by atoms with Crippen molar-refractivity contribution in [1.82, 2.24) is 19.4 Å². The molecule has 9 heteroatoms. The zero-order valence-electron chi connectivity index (χ0n) is 21.1. The first kappa shape index (κ1) is 25.0. The number of rotatable bonds is 4. The van der Waals surface area contributed by atoms with E-state index < -0.39 is 23.1 Å². The summed E-state index contributed by atoms with van der Waals surface area (Å²) in [6, 6.07) is 9.87. The second-order valence-electron chi connectivity index (χ2n) is 10.3. The standard InChI is InChI=1S/C28H30F2N4O3/c1-18-7-8-19(29)24(25(18)30)27(37)33-14-11-28(12-15-33)13-16-34(17-28)23(35)10-9-21-26(36)32(2)22-6-4-3-5-20(22)31-21/h3-8H,9-17H2,1-2H3. The van der Waals surface area contributed by atoms with Crippen molar-refractivity contribution in [3.05, 3.63) is 75.2 Å². The first-order valence-corrected chi connectivity index (χ1v) is 12.7. The van der Waals surface area contributed by atoms with Gasteiger partial charge in [0, 0.05) is 46.1 Å². The second-order valence-corrected chi connectivity index (χ2v) is 10.3. The Morgan fingerprint density at radius 3 is 2.41 bits per heavy atom. The molecule has 2 aliphatic rings. The van der Waals surface area contributed by atoms with E-state index in [0.717, 1.165) is 23.5 Å². The van der Waals surface area contributed by atoms with Crippen molar-refractivity contribution in [2.45, 2.75) is 39.0 Å². The summed E-state index contributed by atoms with van der Waals surface area (Å²) >= 11 is 0. The van der Waals surface area contributed by atoms with Crippen molar-refractivity contribution in [2.75, 3.05) is 26.2 Å². The zero-order chi connectivity index (χ0) is 26.3. The Balaban J connectivity index is 1.19. The molecule has 0 unspecified atom stereocenters. The maximum atomic E-state index is 14.5. The van der Waals surface area contributed by atoms with Gasteiger partial charge in [0.05, 0.1) is 11.0 Å². The van der Waals surface area contributed by atoms with Crippen molar-refractivity contribution >= 4 is 22.8 Å². The van der Waals surface area contributed by atoms with Crippen molar-refractivity contribution in [1.29, 1.82) is 0 Å². The van der Waals surface area contributed by atoms with Gasteiger partial charge in [-0.2, -0.15) is 0 Å². The van der Waals surface area contributed by atoms with Crippen molar-refractivity contribution in [3.63, 3.8) is 0 Å². The molecule has 2 saturated heterocycles. The Morgan fingerprint density at radius 2 is 1.68 bits per heavy atom.